The highest BCUT2D eigenvalue weighted by molar-refractivity contribution is 6.35. The Morgan fingerprint density at radius 1 is 0.946 bits per heavy atom. The number of halogens is 2. The molecule has 0 saturated carbocycles. The summed E-state index contributed by atoms with van der Waals surface area (Å²) < 4.78 is 11.3. The molecule has 4 rings (SSSR count). The van der Waals surface area contributed by atoms with Gasteiger partial charge in [-0.25, -0.2) is 0 Å². The van der Waals surface area contributed by atoms with Crippen LogP contribution in [0.3, 0.4) is 0 Å². The number of hydrogen-bond donors (Lipinski definition) is 1. The van der Waals surface area contributed by atoms with Crippen LogP contribution in [-0.2, 0) is 29.0 Å². The normalized spacial score (nSPS) is 13.1. The maximum atomic E-state index is 13.7. The molecule has 3 aromatic rings. The number of aryl methyl sites for hydroxylation is 1. The minimum atomic E-state index is -0.707. The SMILES string of the molecule is CCNC(=O)[C@@H](Cc1ccccc1)N(Cc1ccc(Cl)cc1Cl)C(=O)CCc1ccc2c(c1)OCCO2. The Hall–Kier alpha value is -3.22. The first-order valence-electron chi connectivity index (χ1n) is 12.4. The van der Waals surface area contributed by atoms with Crippen molar-refractivity contribution in [3.8, 4) is 11.5 Å². The Kier molecular flexibility index (Phi) is 9.31. The first-order chi connectivity index (χ1) is 17.9. The predicted octanol–water partition coefficient (Wildman–Crippen LogP) is 5.47. The lowest BCUT2D eigenvalue weighted by Crippen LogP contribution is -2.50. The van der Waals surface area contributed by atoms with Gasteiger partial charge in [0.25, 0.3) is 0 Å². The number of amides is 2. The molecule has 194 valence electrons. The van der Waals surface area contributed by atoms with E-state index in [1.165, 1.54) is 0 Å². The van der Waals surface area contributed by atoms with E-state index >= 15 is 0 Å². The lowest BCUT2D eigenvalue weighted by molar-refractivity contribution is -0.141. The number of nitrogens with one attached hydrogen (secondary N) is 1. The third kappa shape index (κ3) is 7.18. The Balaban J connectivity index is 1.60. The van der Waals surface area contributed by atoms with Crippen LogP contribution in [0.1, 0.15) is 30.0 Å². The molecule has 1 N–H and O–H groups in total. The Bertz CT molecular complexity index is 1240. The highest BCUT2D eigenvalue weighted by atomic mass is 35.5. The maximum absolute atomic E-state index is 13.7. The van der Waals surface area contributed by atoms with E-state index in [-0.39, 0.29) is 24.8 Å². The molecule has 2 amide bonds. The van der Waals surface area contributed by atoms with Gasteiger partial charge in [0, 0.05) is 36.0 Å². The molecule has 0 radical (unpaired) electrons. The molecule has 3 aromatic carbocycles. The Morgan fingerprint density at radius 2 is 1.70 bits per heavy atom. The zero-order chi connectivity index (χ0) is 26.2. The van der Waals surface area contributed by atoms with Gasteiger partial charge in [-0.3, -0.25) is 9.59 Å². The van der Waals surface area contributed by atoms with Crippen LogP contribution in [0.4, 0.5) is 0 Å². The van der Waals surface area contributed by atoms with Crippen molar-refractivity contribution >= 4 is 35.0 Å². The summed E-state index contributed by atoms with van der Waals surface area (Å²) >= 11 is 12.6. The highest BCUT2D eigenvalue weighted by Crippen LogP contribution is 2.31. The Morgan fingerprint density at radius 3 is 2.43 bits per heavy atom. The van der Waals surface area contributed by atoms with Crippen molar-refractivity contribution in [2.75, 3.05) is 19.8 Å². The molecule has 0 aromatic heterocycles. The van der Waals surface area contributed by atoms with Gasteiger partial charge < -0.3 is 19.7 Å². The highest BCUT2D eigenvalue weighted by Gasteiger charge is 2.30. The fraction of sp³-hybridized carbons (Fsp3) is 0.310. The van der Waals surface area contributed by atoms with Crippen molar-refractivity contribution in [2.45, 2.75) is 38.8 Å². The number of benzene rings is 3. The monoisotopic (exact) mass is 540 g/mol. The van der Waals surface area contributed by atoms with E-state index < -0.39 is 6.04 Å². The number of rotatable bonds is 10. The van der Waals surface area contributed by atoms with Crippen molar-refractivity contribution in [3.63, 3.8) is 0 Å². The molecule has 6 nitrogen and oxygen atoms in total. The number of likely N-dealkylation sites (N-methyl/N-ethyl adjacent to an activating group) is 1. The predicted molar refractivity (Wildman–Crippen MR) is 145 cm³/mol. The van der Waals surface area contributed by atoms with Crippen LogP contribution in [0.15, 0.2) is 66.7 Å². The quantitative estimate of drug-likeness (QED) is 0.370. The van der Waals surface area contributed by atoms with Crippen molar-refractivity contribution in [1.29, 1.82) is 0 Å². The largest absolute Gasteiger partial charge is 0.486 e. The van der Waals surface area contributed by atoms with E-state index in [9.17, 15) is 9.59 Å². The average molecular weight is 541 g/mol. The minimum absolute atomic E-state index is 0.145. The fourth-order valence-corrected chi connectivity index (χ4v) is 4.79. The summed E-state index contributed by atoms with van der Waals surface area (Å²) in [4.78, 5) is 28.6. The van der Waals surface area contributed by atoms with Gasteiger partial charge in [0.15, 0.2) is 11.5 Å². The lowest BCUT2D eigenvalue weighted by atomic mass is 10.0. The zero-order valence-corrected chi connectivity index (χ0v) is 22.2. The van der Waals surface area contributed by atoms with Gasteiger partial charge in [0.2, 0.25) is 11.8 Å². The fourth-order valence-electron chi connectivity index (χ4n) is 4.32. The third-order valence-electron chi connectivity index (χ3n) is 6.21. The molecule has 0 unspecified atom stereocenters. The van der Waals surface area contributed by atoms with E-state index in [1.807, 2.05) is 55.5 Å². The standard InChI is InChI=1S/C29H30Cl2N2O4/c1-2-32-29(35)25(16-20-6-4-3-5-7-20)33(19-22-10-11-23(30)18-24(22)31)28(34)13-9-21-8-12-26-27(17-21)37-15-14-36-26/h3-8,10-12,17-18,25H,2,9,13-16,19H2,1H3,(H,32,35)/t25-/m1/s1. The van der Waals surface area contributed by atoms with Crippen LogP contribution < -0.4 is 14.8 Å². The number of carbonyl (C=O) groups excluding carboxylic acids is 2. The number of fused-ring (bicyclic) bond motifs is 1. The van der Waals surface area contributed by atoms with Crippen LogP contribution in [0.5, 0.6) is 11.5 Å². The molecule has 0 aliphatic carbocycles. The average Bonchev–Trinajstić information content (AvgIpc) is 2.91. The number of hydrogen-bond acceptors (Lipinski definition) is 4. The van der Waals surface area contributed by atoms with E-state index in [1.54, 1.807) is 23.1 Å². The third-order valence-corrected chi connectivity index (χ3v) is 6.80. The summed E-state index contributed by atoms with van der Waals surface area (Å²) in [5.74, 6) is 1.04. The van der Waals surface area contributed by atoms with Crippen LogP contribution >= 0.6 is 23.2 Å². The molecular formula is C29H30Cl2N2O4. The molecule has 1 aliphatic rings. The molecule has 1 aliphatic heterocycles. The van der Waals surface area contributed by atoms with Crippen molar-refractivity contribution in [1.82, 2.24) is 10.2 Å². The smallest absolute Gasteiger partial charge is 0.243 e. The topological polar surface area (TPSA) is 67.9 Å². The van der Waals surface area contributed by atoms with Gasteiger partial charge in [-0.05, 0) is 54.3 Å². The second-order valence-electron chi connectivity index (χ2n) is 8.84. The van der Waals surface area contributed by atoms with E-state index in [0.717, 1.165) is 16.7 Å². The minimum Gasteiger partial charge on any atom is -0.486 e. The van der Waals surface area contributed by atoms with Crippen LogP contribution in [0, 0.1) is 0 Å². The molecule has 1 heterocycles. The van der Waals surface area contributed by atoms with E-state index in [2.05, 4.69) is 5.32 Å². The van der Waals surface area contributed by atoms with Crippen LogP contribution in [0.25, 0.3) is 0 Å². The lowest BCUT2D eigenvalue weighted by Gasteiger charge is -2.32. The van der Waals surface area contributed by atoms with Gasteiger partial charge in [-0.15, -0.1) is 0 Å². The number of carbonyl (C=O) groups is 2. The first-order valence-corrected chi connectivity index (χ1v) is 13.1. The summed E-state index contributed by atoms with van der Waals surface area (Å²) in [5.41, 5.74) is 2.64. The van der Waals surface area contributed by atoms with Gasteiger partial charge in [0.05, 0.1) is 0 Å². The second kappa shape index (κ2) is 12.8. The molecule has 0 saturated heterocycles. The summed E-state index contributed by atoms with van der Waals surface area (Å²) in [6.07, 6.45) is 1.09. The molecular weight excluding hydrogens is 511 g/mol. The van der Waals surface area contributed by atoms with Crippen LogP contribution in [0.2, 0.25) is 10.0 Å². The van der Waals surface area contributed by atoms with Crippen molar-refractivity contribution in [2.24, 2.45) is 0 Å². The summed E-state index contributed by atoms with van der Waals surface area (Å²) in [6.45, 7) is 3.53. The number of ether oxygens (including phenoxy) is 2. The van der Waals surface area contributed by atoms with Gasteiger partial charge in [-0.2, -0.15) is 0 Å². The van der Waals surface area contributed by atoms with Crippen molar-refractivity contribution in [3.05, 3.63) is 93.5 Å². The molecule has 1 atom stereocenters. The molecule has 0 bridgehead atoms. The zero-order valence-electron chi connectivity index (χ0n) is 20.7. The maximum Gasteiger partial charge on any atom is 0.243 e. The Labute approximate surface area is 227 Å². The molecule has 37 heavy (non-hydrogen) atoms. The van der Waals surface area contributed by atoms with Crippen molar-refractivity contribution < 1.29 is 19.1 Å². The van der Waals surface area contributed by atoms with Crippen LogP contribution in [-0.4, -0.2) is 42.5 Å². The summed E-state index contributed by atoms with van der Waals surface area (Å²) in [5, 5.41) is 3.86. The van der Waals surface area contributed by atoms with E-state index in [4.69, 9.17) is 32.7 Å². The summed E-state index contributed by atoms with van der Waals surface area (Å²) in [7, 11) is 0. The second-order valence-corrected chi connectivity index (χ2v) is 9.68. The summed E-state index contributed by atoms with van der Waals surface area (Å²) in [6, 6.07) is 19.9. The van der Waals surface area contributed by atoms with Gasteiger partial charge in [-0.1, -0.05) is 65.7 Å². The van der Waals surface area contributed by atoms with Gasteiger partial charge >= 0.3 is 0 Å². The van der Waals surface area contributed by atoms with E-state index in [0.29, 0.717) is 54.1 Å². The molecule has 0 fully saturated rings. The number of nitrogens with zero attached hydrogens (tertiary/aromatic N) is 1. The first kappa shape index (κ1) is 26.8. The molecule has 8 heteroatoms. The molecule has 0 spiro atoms. The van der Waals surface area contributed by atoms with Gasteiger partial charge in [0.1, 0.15) is 19.3 Å².